The van der Waals surface area contributed by atoms with Crippen LogP contribution in [0, 0.1) is 0 Å². The number of carbonyl (C=O) groups is 1. The summed E-state index contributed by atoms with van der Waals surface area (Å²) in [6.45, 7) is 8.11. The quantitative estimate of drug-likeness (QED) is 0.855. The molecule has 4 nitrogen and oxygen atoms in total. The summed E-state index contributed by atoms with van der Waals surface area (Å²) in [5.41, 5.74) is -0.291. The summed E-state index contributed by atoms with van der Waals surface area (Å²) in [4.78, 5) is 13.9. The normalized spacial score (nSPS) is 11.6. The average Bonchev–Trinajstić information content (AvgIpc) is 2.71. The molecule has 1 heterocycles. The topological polar surface area (TPSA) is 53.7 Å². The molecule has 0 radical (unpaired) electrons. The van der Waals surface area contributed by atoms with Crippen LogP contribution in [-0.2, 0) is 6.42 Å². The highest BCUT2D eigenvalue weighted by atomic mass is 16.3. The number of amides is 1. The van der Waals surface area contributed by atoms with Crippen LogP contribution >= 0.6 is 0 Å². The van der Waals surface area contributed by atoms with E-state index in [9.17, 15) is 9.90 Å². The van der Waals surface area contributed by atoms with Crippen molar-refractivity contribution in [3.63, 3.8) is 0 Å². The van der Waals surface area contributed by atoms with Crippen molar-refractivity contribution in [1.29, 1.82) is 0 Å². The molecule has 4 heteroatoms. The van der Waals surface area contributed by atoms with Crippen molar-refractivity contribution in [2.75, 3.05) is 13.1 Å². The van der Waals surface area contributed by atoms with E-state index in [0.717, 1.165) is 0 Å². The number of aliphatic hydroxyl groups is 1. The van der Waals surface area contributed by atoms with Gasteiger partial charge in [0, 0.05) is 19.5 Å². The molecule has 1 aromatic rings. The number of rotatable bonds is 5. The fourth-order valence-corrected chi connectivity index (χ4v) is 1.77. The third-order valence-electron chi connectivity index (χ3n) is 2.54. The maximum Gasteiger partial charge on any atom is 0.257 e. The van der Waals surface area contributed by atoms with Crippen molar-refractivity contribution in [2.24, 2.45) is 0 Å². The largest absolute Gasteiger partial charge is 0.469 e. The Morgan fingerprint density at radius 3 is 2.59 bits per heavy atom. The Morgan fingerprint density at radius 1 is 1.47 bits per heavy atom. The van der Waals surface area contributed by atoms with Gasteiger partial charge < -0.3 is 14.4 Å². The minimum absolute atomic E-state index is 0.0831. The van der Waals surface area contributed by atoms with Gasteiger partial charge in [0.1, 0.15) is 5.76 Å². The summed E-state index contributed by atoms with van der Waals surface area (Å²) in [6.07, 6.45) is 2.22. The zero-order chi connectivity index (χ0) is 13.1. The molecule has 17 heavy (non-hydrogen) atoms. The number of aryl methyl sites for hydroxylation is 1. The van der Waals surface area contributed by atoms with Gasteiger partial charge in [0.15, 0.2) is 0 Å². The summed E-state index contributed by atoms with van der Waals surface area (Å²) in [7, 11) is 0. The summed E-state index contributed by atoms with van der Waals surface area (Å²) < 4.78 is 5.25. The Kier molecular flexibility index (Phi) is 4.34. The maximum absolute atomic E-state index is 12.2. The van der Waals surface area contributed by atoms with Gasteiger partial charge in [-0.25, -0.2) is 0 Å². The number of nitrogens with zero attached hydrogens (tertiary/aromatic N) is 1. The Balaban J connectivity index is 2.87. The monoisotopic (exact) mass is 239 g/mol. The first-order chi connectivity index (χ1) is 7.89. The van der Waals surface area contributed by atoms with E-state index in [1.165, 1.54) is 6.26 Å². The van der Waals surface area contributed by atoms with Crippen LogP contribution < -0.4 is 0 Å². The number of hydrogen-bond acceptors (Lipinski definition) is 3. The van der Waals surface area contributed by atoms with Gasteiger partial charge in [-0.1, -0.05) is 6.92 Å². The van der Waals surface area contributed by atoms with Gasteiger partial charge in [-0.15, -0.1) is 0 Å². The minimum Gasteiger partial charge on any atom is -0.469 e. The molecule has 0 aliphatic carbocycles. The van der Waals surface area contributed by atoms with E-state index in [-0.39, 0.29) is 5.91 Å². The molecule has 1 N–H and O–H groups in total. The van der Waals surface area contributed by atoms with E-state index in [4.69, 9.17) is 4.42 Å². The Hall–Kier alpha value is -1.29. The smallest absolute Gasteiger partial charge is 0.257 e. The second-order valence-electron chi connectivity index (χ2n) is 4.74. The minimum atomic E-state index is -0.887. The number of hydrogen-bond donors (Lipinski definition) is 1. The molecule has 0 aliphatic heterocycles. The molecule has 0 saturated carbocycles. The summed E-state index contributed by atoms with van der Waals surface area (Å²) >= 11 is 0. The molecule has 0 saturated heterocycles. The molecule has 1 rings (SSSR count). The first kappa shape index (κ1) is 13.8. The van der Waals surface area contributed by atoms with E-state index in [1.54, 1.807) is 24.8 Å². The second kappa shape index (κ2) is 5.36. The van der Waals surface area contributed by atoms with E-state index in [1.807, 2.05) is 13.8 Å². The highest BCUT2D eigenvalue weighted by Gasteiger charge is 2.24. The lowest BCUT2D eigenvalue weighted by Crippen LogP contribution is -2.42. The first-order valence-electron chi connectivity index (χ1n) is 5.97. The Labute approximate surface area is 102 Å². The molecule has 0 unspecified atom stereocenters. The van der Waals surface area contributed by atoms with Crippen LogP contribution in [0.1, 0.15) is 43.8 Å². The lowest BCUT2D eigenvalue weighted by atomic mass is 10.1. The number of furan rings is 1. The molecule has 0 aromatic carbocycles. The summed E-state index contributed by atoms with van der Waals surface area (Å²) in [5, 5.41) is 9.77. The van der Waals surface area contributed by atoms with Crippen LogP contribution in [0.5, 0.6) is 0 Å². The van der Waals surface area contributed by atoms with Crippen LogP contribution in [0.25, 0.3) is 0 Å². The van der Waals surface area contributed by atoms with Crippen LogP contribution in [0.4, 0.5) is 0 Å². The highest BCUT2D eigenvalue weighted by molar-refractivity contribution is 5.95. The van der Waals surface area contributed by atoms with Crippen molar-refractivity contribution < 1.29 is 14.3 Å². The fourth-order valence-electron chi connectivity index (χ4n) is 1.77. The lowest BCUT2D eigenvalue weighted by molar-refractivity contribution is 0.0313. The predicted octanol–water partition coefficient (Wildman–Crippen LogP) is 2.08. The SMILES string of the molecule is CCc1occc1C(=O)N(CC)CC(C)(C)O. The molecule has 0 aliphatic rings. The summed E-state index contributed by atoms with van der Waals surface area (Å²) in [5.74, 6) is 0.615. The second-order valence-corrected chi connectivity index (χ2v) is 4.74. The van der Waals surface area contributed by atoms with Gasteiger partial charge >= 0.3 is 0 Å². The van der Waals surface area contributed by atoms with Crippen LogP contribution in [0.3, 0.4) is 0 Å². The van der Waals surface area contributed by atoms with Crippen LogP contribution in [0.2, 0.25) is 0 Å². The van der Waals surface area contributed by atoms with Crippen molar-refractivity contribution in [1.82, 2.24) is 4.90 Å². The van der Waals surface area contributed by atoms with E-state index >= 15 is 0 Å². The molecule has 0 atom stereocenters. The van der Waals surface area contributed by atoms with E-state index in [2.05, 4.69) is 0 Å². The standard InChI is InChI=1S/C13H21NO3/c1-5-11-10(7-8-17-11)12(15)14(6-2)9-13(3,4)16/h7-8,16H,5-6,9H2,1-4H3. The van der Waals surface area contributed by atoms with Crippen molar-refractivity contribution in [2.45, 2.75) is 39.7 Å². The summed E-state index contributed by atoms with van der Waals surface area (Å²) in [6, 6.07) is 1.69. The Bertz CT molecular complexity index is 376. The van der Waals surface area contributed by atoms with Crippen LogP contribution in [0.15, 0.2) is 16.7 Å². The third-order valence-corrected chi connectivity index (χ3v) is 2.54. The number of likely N-dealkylation sites (N-methyl/N-ethyl adjacent to an activating group) is 1. The highest BCUT2D eigenvalue weighted by Crippen LogP contribution is 2.15. The van der Waals surface area contributed by atoms with Gasteiger partial charge in [-0.2, -0.15) is 0 Å². The maximum atomic E-state index is 12.2. The van der Waals surface area contributed by atoms with Gasteiger partial charge in [0.2, 0.25) is 0 Å². The number of carbonyl (C=O) groups excluding carboxylic acids is 1. The van der Waals surface area contributed by atoms with Crippen molar-refractivity contribution in [3.05, 3.63) is 23.7 Å². The lowest BCUT2D eigenvalue weighted by Gasteiger charge is -2.28. The molecule has 1 aromatic heterocycles. The molecule has 0 bridgehead atoms. The van der Waals surface area contributed by atoms with Crippen molar-refractivity contribution in [3.8, 4) is 0 Å². The predicted molar refractivity (Wildman–Crippen MR) is 66.0 cm³/mol. The molecule has 0 spiro atoms. The fraction of sp³-hybridized carbons (Fsp3) is 0.615. The molecule has 1 amide bonds. The van der Waals surface area contributed by atoms with Gasteiger partial charge in [0.25, 0.3) is 5.91 Å². The van der Waals surface area contributed by atoms with Gasteiger partial charge in [0.05, 0.1) is 17.4 Å². The third kappa shape index (κ3) is 3.60. The molecule has 96 valence electrons. The zero-order valence-electron chi connectivity index (χ0n) is 11.0. The zero-order valence-corrected chi connectivity index (χ0v) is 11.0. The van der Waals surface area contributed by atoms with Gasteiger partial charge in [-0.3, -0.25) is 4.79 Å². The first-order valence-corrected chi connectivity index (χ1v) is 5.97. The van der Waals surface area contributed by atoms with Crippen molar-refractivity contribution >= 4 is 5.91 Å². The Morgan fingerprint density at radius 2 is 2.12 bits per heavy atom. The molecular formula is C13H21NO3. The van der Waals surface area contributed by atoms with Gasteiger partial charge in [-0.05, 0) is 26.8 Å². The van der Waals surface area contributed by atoms with Crippen LogP contribution in [-0.4, -0.2) is 34.6 Å². The van der Waals surface area contributed by atoms with E-state index in [0.29, 0.717) is 30.8 Å². The molecule has 0 fully saturated rings. The van der Waals surface area contributed by atoms with E-state index < -0.39 is 5.60 Å². The average molecular weight is 239 g/mol. The molecular weight excluding hydrogens is 218 g/mol.